The molecule has 12 heavy (non-hydrogen) atoms. The summed E-state index contributed by atoms with van der Waals surface area (Å²) in [4.78, 5) is 10.9. The number of primary amides is 1. The van der Waals surface area contributed by atoms with Crippen LogP contribution in [0.25, 0.3) is 5.52 Å². The van der Waals surface area contributed by atoms with Crippen LogP contribution in [0.1, 0.15) is 10.5 Å². The lowest BCUT2D eigenvalue weighted by molar-refractivity contribution is 0.0994. The molecule has 2 N–H and O–H groups in total. The number of rotatable bonds is 1. The van der Waals surface area contributed by atoms with Gasteiger partial charge < -0.3 is 10.1 Å². The van der Waals surface area contributed by atoms with Crippen LogP contribution in [0.15, 0.2) is 36.5 Å². The lowest BCUT2D eigenvalue weighted by Crippen LogP contribution is -2.14. The number of hydrogen-bond donors (Lipinski definition) is 1. The summed E-state index contributed by atoms with van der Waals surface area (Å²) in [5.74, 6) is -0.406. The van der Waals surface area contributed by atoms with Crippen LogP contribution in [0, 0.1) is 0 Å². The molecular formula is C9H8N2O. The summed E-state index contributed by atoms with van der Waals surface area (Å²) < 4.78 is 1.77. The molecule has 0 aliphatic heterocycles. The molecule has 0 aliphatic rings. The van der Waals surface area contributed by atoms with E-state index < -0.39 is 5.91 Å². The molecule has 2 rings (SSSR count). The summed E-state index contributed by atoms with van der Waals surface area (Å²) in [6.07, 6.45) is 1.81. The van der Waals surface area contributed by atoms with Crippen LogP contribution < -0.4 is 5.73 Å². The fraction of sp³-hybridized carbons (Fsp3) is 0. The fourth-order valence-electron chi connectivity index (χ4n) is 1.27. The molecule has 0 aliphatic carbocycles. The van der Waals surface area contributed by atoms with Gasteiger partial charge in [0.1, 0.15) is 5.69 Å². The second-order valence-corrected chi connectivity index (χ2v) is 2.58. The number of carbonyl (C=O) groups is 1. The summed E-state index contributed by atoms with van der Waals surface area (Å²) in [6.45, 7) is 0. The molecule has 0 saturated heterocycles. The molecular weight excluding hydrogens is 152 g/mol. The number of amides is 1. The van der Waals surface area contributed by atoms with Crippen molar-refractivity contribution in [1.82, 2.24) is 4.40 Å². The predicted octanol–water partition coefficient (Wildman–Crippen LogP) is 1.04. The van der Waals surface area contributed by atoms with Gasteiger partial charge in [-0.3, -0.25) is 4.79 Å². The molecule has 3 heteroatoms. The van der Waals surface area contributed by atoms with Crippen molar-refractivity contribution in [2.75, 3.05) is 0 Å². The second-order valence-electron chi connectivity index (χ2n) is 2.58. The molecule has 0 fully saturated rings. The maximum absolute atomic E-state index is 10.9. The van der Waals surface area contributed by atoms with Gasteiger partial charge in [-0.2, -0.15) is 0 Å². The maximum atomic E-state index is 10.9. The Morgan fingerprint density at radius 3 is 2.75 bits per heavy atom. The highest BCUT2D eigenvalue weighted by Crippen LogP contribution is 2.07. The van der Waals surface area contributed by atoms with Crippen molar-refractivity contribution in [2.45, 2.75) is 0 Å². The maximum Gasteiger partial charge on any atom is 0.265 e. The number of pyridine rings is 1. The molecule has 2 aromatic rings. The van der Waals surface area contributed by atoms with E-state index in [2.05, 4.69) is 0 Å². The van der Waals surface area contributed by atoms with Crippen LogP contribution in [0.4, 0.5) is 0 Å². The minimum absolute atomic E-state index is 0.406. The van der Waals surface area contributed by atoms with E-state index in [9.17, 15) is 4.79 Å². The normalized spacial score (nSPS) is 10.3. The molecule has 0 atom stereocenters. The zero-order valence-electron chi connectivity index (χ0n) is 6.40. The van der Waals surface area contributed by atoms with E-state index in [1.54, 1.807) is 10.5 Å². The Balaban J connectivity index is 2.82. The Kier molecular flexibility index (Phi) is 1.37. The average molecular weight is 160 g/mol. The monoisotopic (exact) mass is 160 g/mol. The van der Waals surface area contributed by atoms with Crippen LogP contribution in [0.5, 0.6) is 0 Å². The second kappa shape index (κ2) is 2.37. The third-order valence-corrected chi connectivity index (χ3v) is 1.81. The van der Waals surface area contributed by atoms with Gasteiger partial charge in [0.25, 0.3) is 5.91 Å². The quantitative estimate of drug-likeness (QED) is 0.665. The highest BCUT2D eigenvalue weighted by Gasteiger charge is 2.03. The van der Waals surface area contributed by atoms with Gasteiger partial charge in [-0.25, -0.2) is 0 Å². The lowest BCUT2D eigenvalue weighted by atomic mass is 10.3. The number of carbonyl (C=O) groups excluding carboxylic acids is 1. The van der Waals surface area contributed by atoms with Gasteiger partial charge in [-0.05, 0) is 24.3 Å². The summed E-state index contributed by atoms with van der Waals surface area (Å²) in [7, 11) is 0. The minimum atomic E-state index is -0.406. The summed E-state index contributed by atoms with van der Waals surface area (Å²) in [5.41, 5.74) is 6.67. The van der Waals surface area contributed by atoms with Crippen molar-refractivity contribution < 1.29 is 4.79 Å². The third kappa shape index (κ3) is 0.871. The number of aromatic nitrogens is 1. The topological polar surface area (TPSA) is 47.5 Å². The first kappa shape index (κ1) is 6.91. The largest absolute Gasteiger partial charge is 0.364 e. The van der Waals surface area contributed by atoms with Crippen LogP contribution in [0.3, 0.4) is 0 Å². The van der Waals surface area contributed by atoms with E-state index in [1.165, 1.54) is 0 Å². The SMILES string of the molecule is NC(=O)c1cccc2cccn12. The molecule has 60 valence electrons. The van der Waals surface area contributed by atoms with Crippen LogP contribution in [-0.4, -0.2) is 10.3 Å². The molecule has 1 amide bonds. The summed E-state index contributed by atoms with van der Waals surface area (Å²) >= 11 is 0. The third-order valence-electron chi connectivity index (χ3n) is 1.81. The van der Waals surface area contributed by atoms with Gasteiger partial charge in [0.15, 0.2) is 0 Å². The van der Waals surface area contributed by atoms with E-state index in [4.69, 9.17) is 5.73 Å². The number of nitrogens with two attached hydrogens (primary N) is 1. The highest BCUT2D eigenvalue weighted by molar-refractivity contribution is 5.91. The van der Waals surface area contributed by atoms with E-state index in [0.29, 0.717) is 5.69 Å². The molecule has 2 aromatic heterocycles. The van der Waals surface area contributed by atoms with Crippen molar-refractivity contribution in [3.8, 4) is 0 Å². The molecule has 2 heterocycles. The highest BCUT2D eigenvalue weighted by atomic mass is 16.1. The van der Waals surface area contributed by atoms with Crippen molar-refractivity contribution in [2.24, 2.45) is 5.73 Å². The first-order valence-electron chi connectivity index (χ1n) is 3.65. The van der Waals surface area contributed by atoms with Crippen molar-refractivity contribution in [3.05, 3.63) is 42.2 Å². The summed E-state index contributed by atoms with van der Waals surface area (Å²) in [6, 6.07) is 9.24. The molecule has 0 spiro atoms. The zero-order valence-corrected chi connectivity index (χ0v) is 6.40. The first-order chi connectivity index (χ1) is 5.79. The van der Waals surface area contributed by atoms with Crippen LogP contribution >= 0.6 is 0 Å². The molecule has 0 saturated carbocycles. The Labute approximate surface area is 69.4 Å². The first-order valence-corrected chi connectivity index (χ1v) is 3.65. The van der Waals surface area contributed by atoms with Crippen molar-refractivity contribution in [1.29, 1.82) is 0 Å². The fourth-order valence-corrected chi connectivity index (χ4v) is 1.27. The van der Waals surface area contributed by atoms with Gasteiger partial charge in [-0.1, -0.05) is 6.07 Å². The lowest BCUT2D eigenvalue weighted by Gasteiger charge is -2.00. The van der Waals surface area contributed by atoms with E-state index in [-0.39, 0.29) is 0 Å². The van der Waals surface area contributed by atoms with Gasteiger partial charge in [0.05, 0.1) is 0 Å². The molecule has 0 bridgehead atoms. The van der Waals surface area contributed by atoms with Crippen LogP contribution in [0.2, 0.25) is 0 Å². The smallest absolute Gasteiger partial charge is 0.265 e. The average Bonchev–Trinajstić information content (AvgIpc) is 2.49. The molecule has 3 nitrogen and oxygen atoms in total. The van der Waals surface area contributed by atoms with Gasteiger partial charge in [0, 0.05) is 11.7 Å². The van der Waals surface area contributed by atoms with Gasteiger partial charge >= 0.3 is 0 Å². The van der Waals surface area contributed by atoms with Gasteiger partial charge in [0.2, 0.25) is 0 Å². The molecule has 0 radical (unpaired) electrons. The Bertz CT molecular complexity index is 431. The minimum Gasteiger partial charge on any atom is -0.364 e. The van der Waals surface area contributed by atoms with E-state index in [0.717, 1.165) is 5.52 Å². The van der Waals surface area contributed by atoms with Gasteiger partial charge in [-0.15, -0.1) is 0 Å². The Morgan fingerprint density at radius 1 is 1.25 bits per heavy atom. The van der Waals surface area contributed by atoms with E-state index in [1.807, 2.05) is 30.5 Å². The number of nitrogens with zero attached hydrogens (tertiary/aromatic N) is 1. The van der Waals surface area contributed by atoms with E-state index >= 15 is 0 Å². The molecule has 0 unspecified atom stereocenters. The van der Waals surface area contributed by atoms with Crippen molar-refractivity contribution >= 4 is 11.4 Å². The standard InChI is InChI=1S/C9H8N2O/c10-9(12)8-5-1-3-7-4-2-6-11(7)8/h1-6H,(H2,10,12). The number of hydrogen-bond acceptors (Lipinski definition) is 1. The predicted molar refractivity (Wildman–Crippen MR) is 45.9 cm³/mol. The van der Waals surface area contributed by atoms with Crippen molar-refractivity contribution in [3.63, 3.8) is 0 Å². The van der Waals surface area contributed by atoms with Crippen LogP contribution in [-0.2, 0) is 0 Å². The Morgan fingerprint density at radius 2 is 2.00 bits per heavy atom. The summed E-state index contributed by atoms with van der Waals surface area (Å²) in [5, 5.41) is 0. The zero-order chi connectivity index (χ0) is 8.55. The molecule has 0 aromatic carbocycles. The Hall–Kier alpha value is -1.77. The number of fused-ring (bicyclic) bond motifs is 1.